The second-order valence-electron chi connectivity index (χ2n) is 4.65. The van der Waals surface area contributed by atoms with E-state index in [0.717, 1.165) is 25.5 Å². The fraction of sp³-hybridized carbons (Fsp3) is 0.462. The first-order valence-electron chi connectivity index (χ1n) is 6.51. The van der Waals surface area contributed by atoms with Crippen LogP contribution in [0.25, 0.3) is 0 Å². The second kappa shape index (κ2) is 6.21. The molecule has 0 saturated carbocycles. The number of anilines is 2. The van der Waals surface area contributed by atoms with E-state index >= 15 is 0 Å². The molecular weight excluding hydrogens is 287 g/mol. The summed E-state index contributed by atoms with van der Waals surface area (Å²) in [5.74, 6) is -0.541. The molecule has 3 N–H and O–H groups in total. The topological polar surface area (TPSA) is 62.4 Å². The van der Waals surface area contributed by atoms with Gasteiger partial charge in [0.25, 0.3) is 0 Å². The predicted molar refractivity (Wildman–Crippen MR) is 72.3 cm³/mol. The average molecular weight is 303 g/mol. The van der Waals surface area contributed by atoms with Gasteiger partial charge in [0.1, 0.15) is 0 Å². The molecule has 1 saturated heterocycles. The van der Waals surface area contributed by atoms with Gasteiger partial charge < -0.3 is 20.7 Å². The smallest absolute Gasteiger partial charge is 0.404 e. The molecule has 0 aromatic heterocycles. The molecule has 5 nitrogen and oxygen atoms in total. The summed E-state index contributed by atoms with van der Waals surface area (Å²) >= 11 is 0. The van der Waals surface area contributed by atoms with Gasteiger partial charge in [0.05, 0.1) is 11.7 Å². The van der Waals surface area contributed by atoms with Gasteiger partial charge >= 0.3 is 6.36 Å². The van der Waals surface area contributed by atoms with Crippen LogP contribution >= 0.6 is 0 Å². The minimum absolute atomic E-state index is 0.143. The number of hydrogen-bond donors (Lipinski definition) is 3. The minimum atomic E-state index is -4.76. The summed E-state index contributed by atoms with van der Waals surface area (Å²) in [5, 5.41) is 8.33. The molecule has 21 heavy (non-hydrogen) atoms. The van der Waals surface area contributed by atoms with E-state index in [1.807, 2.05) is 0 Å². The average Bonchev–Trinajstić information content (AvgIpc) is 2.93. The predicted octanol–water partition coefficient (Wildman–Crippen LogP) is 2.32. The fourth-order valence-electron chi connectivity index (χ4n) is 2.15. The Bertz CT molecular complexity index is 514. The largest absolute Gasteiger partial charge is 0.573 e. The Balaban J connectivity index is 2.09. The summed E-state index contributed by atoms with van der Waals surface area (Å²) in [6.07, 6.45) is -3.08. The third kappa shape index (κ3) is 4.25. The second-order valence-corrected chi connectivity index (χ2v) is 4.65. The van der Waals surface area contributed by atoms with Crippen molar-refractivity contribution >= 4 is 17.3 Å². The van der Waals surface area contributed by atoms with Crippen molar-refractivity contribution in [3.05, 3.63) is 18.2 Å². The molecular formula is C13H16F3N3O2. The van der Waals surface area contributed by atoms with E-state index in [1.165, 1.54) is 19.2 Å². The Morgan fingerprint density at radius 2 is 2.19 bits per heavy atom. The number of halogens is 3. The van der Waals surface area contributed by atoms with Gasteiger partial charge in [-0.25, -0.2) is 0 Å². The van der Waals surface area contributed by atoms with Crippen LogP contribution in [0.5, 0.6) is 5.75 Å². The molecule has 2 rings (SSSR count). The molecule has 1 aliphatic rings. The fourth-order valence-corrected chi connectivity index (χ4v) is 2.15. The first-order valence-corrected chi connectivity index (χ1v) is 6.51. The lowest BCUT2D eigenvalue weighted by Crippen LogP contribution is -2.35. The van der Waals surface area contributed by atoms with Gasteiger partial charge in [-0.05, 0) is 37.6 Å². The molecule has 1 aromatic carbocycles. The van der Waals surface area contributed by atoms with E-state index in [-0.39, 0.29) is 23.4 Å². The van der Waals surface area contributed by atoms with E-state index < -0.39 is 6.36 Å². The molecule has 0 aliphatic carbocycles. The zero-order valence-electron chi connectivity index (χ0n) is 11.4. The van der Waals surface area contributed by atoms with Crippen LogP contribution in [0.3, 0.4) is 0 Å². The van der Waals surface area contributed by atoms with Gasteiger partial charge in [0.2, 0.25) is 5.91 Å². The third-order valence-corrected chi connectivity index (χ3v) is 3.12. The Labute approximate surface area is 119 Å². The van der Waals surface area contributed by atoms with Crippen LogP contribution in [-0.4, -0.2) is 31.9 Å². The number of rotatable bonds is 4. The number of amides is 1. The van der Waals surface area contributed by atoms with Crippen molar-refractivity contribution < 1.29 is 22.7 Å². The lowest BCUT2D eigenvalue weighted by Gasteiger charge is -2.15. The van der Waals surface area contributed by atoms with E-state index in [9.17, 15) is 18.0 Å². The maximum absolute atomic E-state index is 12.2. The van der Waals surface area contributed by atoms with Crippen LogP contribution in [0.4, 0.5) is 24.5 Å². The highest BCUT2D eigenvalue weighted by Crippen LogP contribution is 2.32. The number of hydrogen-bond acceptors (Lipinski definition) is 4. The summed E-state index contributed by atoms with van der Waals surface area (Å²) in [6.45, 7) is 0.790. The standard InChI is InChI=1S/C13H16F3N3O2/c1-17-10-7-8(4-5-11(10)21-13(14,15)16)19-12(20)9-3-2-6-18-9/h4-5,7,9,17-18H,2-3,6H2,1H3,(H,19,20)/t9-/m0/s1. The van der Waals surface area contributed by atoms with E-state index in [2.05, 4.69) is 20.7 Å². The lowest BCUT2D eigenvalue weighted by atomic mass is 10.2. The molecule has 1 aromatic rings. The lowest BCUT2D eigenvalue weighted by molar-refractivity contribution is -0.274. The number of ether oxygens (including phenoxy) is 1. The van der Waals surface area contributed by atoms with Gasteiger partial charge in [-0.1, -0.05) is 0 Å². The highest BCUT2D eigenvalue weighted by atomic mass is 19.4. The van der Waals surface area contributed by atoms with Crippen molar-refractivity contribution in [3.8, 4) is 5.75 Å². The van der Waals surface area contributed by atoms with Gasteiger partial charge in [-0.3, -0.25) is 4.79 Å². The summed E-state index contributed by atoms with van der Waals surface area (Å²) < 4.78 is 40.6. The molecule has 1 atom stereocenters. The highest BCUT2D eigenvalue weighted by Gasteiger charge is 2.32. The van der Waals surface area contributed by atoms with Gasteiger partial charge in [-0.2, -0.15) is 0 Å². The van der Waals surface area contributed by atoms with E-state index in [4.69, 9.17) is 0 Å². The molecule has 1 aliphatic heterocycles. The number of alkyl halides is 3. The van der Waals surface area contributed by atoms with Crippen molar-refractivity contribution in [2.45, 2.75) is 25.2 Å². The summed E-state index contributed by atoms with van der Waals surface area (Å²) in [7, 11) is 1.47. The number of carbonyl (C=O) groups is 1. The van der Waals surface area contributed by atoms with Gasteiger partial charge in [-0.15, -0.1) is 13.2 Å². The Morgan fingerprint density at radius 1 is 1.43 bits per heavy atom. The molecule has 1 heterocycles. The van der Waals surface area contributed by atoms with Gasteiger partial charge in [0, 0.05) is 12.7 Å². The van der Waals surface area contributed by atoms with Gasteiger partial charge in [0.15, 0.2) is 5.75 Å². The van der Waals surface area contributed by atoms with Crippen molar-refractivity contribution in [1.82, 2.24) is 5.32 Å². The Hall–Kier alpha value is -1.96. The third-order valence-electron chi connectivity index (χ3n) is 3.12. The SMILES string of the molecule is CNc1cc(NC(=O)[C@@H]2CCCN2)ccc1OC(F)(F)F. The van der Waals surface area contributed by atoms with Crippen LogP contribution in [0, 0.1) is 0 Å². The molecule has 1 amide bonds. The maximum atomic E-state index is 12.2. The minimum Gasteiger partial charge on any atom is -0.404 e. The quantitative estimate of drug-likeness (QED) is 0.799. The molecule has 8 heteroatoms. The maximum Gasteiger partial charge on any atom is 0.573 e. The molecule has 0 radical (unpaired) electrons. The first kappa shape index (κ1) is 15.4. The molecule has 0 bridgehead atoms. The molecule has 116 valence electrons. The summed E-state index contributed by atoms with van der Waals surface area (Å²) in [6, 6.07) is 3.67. The number of nitrogens with one attached hydrogen (secondary N) is 3. The molecule has 0 spiro atoms. The number of carbonyl (C=O) groups excluding carboxylic acids is 1. The highest BCUT2D eigenvalue weighted by molar-refractivity contribution is 5.95. The van der Waals surface area contributed by atoms with Crippen molar-refractivity contribution in [2.75, 3.05) is 24.2 Å². The Kier molecular flexibility index (Phi) is 4.56. The van der Waals surface area contributed by atoms with E-state index in [1.54, 1.807) is 0 Å². The summed E-state index contributed by atoms with van der Waals surface area (Å²) in [4.78, 5) is 11.9. The normalized spacial score (nSPS) is 18.4. The number of benzene rings is 1. The molecule has 1 fully saturated rings. The van der Waals surface area contributed by atoms with E-state index in [0.29, 0.717) is 5.69 Å². The molecule has 0 unspecified atom stereocenters. The van der Waals surface area contributed by atoms with Crippen LogP contribution in [0.15, 0.2) is 18.2 Å². The van der Waals surface area contributed by atoms with Crippen molar-refractivity contribution in [3.63, 3.8) is 0 Å². The van der Waals surface area contributed by atoms with Crippen LogP contribution < -0.4 is 20.7 Å². The van der Waals surface area contributed by atoms with Crippen LogP contribution in [0.2, 0.25) is 0 Å². The Morgan fingerprint density at radius 3 is 2.76 bits per heavy atom. The van der Waals surface area contributed by atoms with Crippen LogP contribution in [0.1, 0.15) is 12.8 Å². The summed E-state index contributed by atoms with van der Waals surface area (Å²) in [5.41, 5.74) is 0.553. The van der Waals surface area contributed by atoms with Crippen molar-refractivity contribution in [2.24, 2.45) is 0 Å². The van der Waals surface area contributed by atoms with Crippen LogP contribution in [-0.2, 0) is 4.79 Å². The monoisotopic (exact) mass is 303 g/mol. The zero-order chi connectivity index (χ0) is 15.5. The van der Waals surface area contributed by atoms with Crippen molar-refractivity contribution in [1.29, 1.82) is 0 Å². The first-order chi connectivity index (χ1) is 9.89. The zero-order valence-corrected chi connectivity index (χ0v) is 11.4.